The second-order valence-electron chi connectivity index (χ2n) is 5.11. The van der Waals surface area contributed by atoms with Gasteiger partial charge in [-0.05, 0) is 38.8 Å². The molecular formula is C14H23BrN2O2. The van der Waals surface area contributed by atoms with Gasteiger partial charge in [-0.3, -0.25) is 11.3 Å². The first-order chi connectivity index (χ1) is 8.93. The third-order valence-electron chi connectivity index (χ3n) is 3.36. The molecule has 3 N–H and O–H groups in total. The van der Waals surface area contributed by atoms with E-state index in [2.05, 4.69) is 35.2 Å². The minimum Gasteiger partial charge on any atom is -0.496 e. The second kappa shape index (κ2) is 7.24. The Bertz CT molecular complexity index is 410. The summed E-state index contributed by atoms with van der Waals surface area (Å²) in [5, 5.41) is 0. The molecule has 0 bridgehead atoms. The lowest BCUT2D eigenvalue weighted by Crippen LogP contribution is -2.31. The lowest BCUT2D eigenvalue weighted by Gasteiger charge is -2.26. The van der Waals surface area contributed by atoms with Crippen LogP contribution in [0.5, 0.6) is 5.75 Å². The summed E-state index contributed by atoms with van der Waals surface area (Å²) in [6.07, 6.45) is 1.77. The maximum absolute atomic E-state index is 5.68. The van der Waals surface area contributed by atoms with Crippen LogP contribution in [0.1, 0.15) is 38.3 Å². The van der Waals surface area contributed by atoms with Crippen LogP contribution in [0.25, 0.3) is 0 Å². The Kier molecular flexibility index (Phi) is 6.26. The van der Waals surface area contributed by atoms with E-state index in [9.17, 15) is 0 Å². The van der Waals surface area contributed by atoms with Gasteiger partial charge in [-0.15, -0.1) is 0 Å². The van der Waals surface area contributed by atoms with Crippen molar-refractivity contribution in [2.75, 3.05) is 14.2 Å². The Hall–Kier alpha value is -0.620. The maximum atomic E-state index is 5.68. The summed E-state index contributed by atoms with van der Waals surface area (Å²) in [4.78, 5) is 0. The van der Waals surface area contributed by atoms with Crippen LogP contribution in [0.15, 0.2) is 22.7 Å². The van der Waals surface area contributed by atoms with Crippen molar-refractivity contribution < 1.29 is 9.47 Å². The molecule has 4 nitrogen and oxygen atoms in total. The van der Waals surface area contributed by atoms with Gasteiger partial charge in [0.1, 0.15) is 5.75 Å². The smallest absolute Gasteiger partial charge is 0.124 e. The van der Waals surface area contributed by atoms with Crippen LogP contribution < -0.4 is 16.0 Å². The lowest BCUT2D eigenvalue weighted by atomic mass is 9.95. The Morgan fingerprint density at radius 1 is 1.37 bits per heavy atom. The predicted molar refractivity (Wildman–Crippen MR) is 81.1 cm³/mol. The molecule has 0 aromatic heterocycles. The predicted octanol–water partition coefficient (Wildman–Crippen LogP) is 3.17. The van der Waals surface area contributed by atoms with Crippen LogP contribution in [0.3, 0.4) is 0 Å². The molecule has 1 aromatic carbocycles. The van der Waals surface area contributed by atoms with Gasteiger partial charge in [-0.2, -0.15) is 0 Å². The molecule has 1 atom stereocenters. The first-order valence-electron chi connectivity index (χ1n) is 6.28. The van der Waals surface area contributed by atoms with Crippen molar-refractivity contribution in [3.8, 4) is 5.75 Å². The SMILES string of the molecule is COc1cc(Br)ccc1C(CCC(C)(C)OC)NN. The summed E-state index contributed by atoms with van der Waals surface area (Å²) in [7, 11) is 3.39. The summed E-state index contributed by atoms with van der Waals surface area (Å²) < 4.78 is 11.8. The van der Waals surface area contributed by atoms with Crippen LogP contribution in [-0.2, 0) is 4.74 Å². The number of nitrogens with two attached hydrogens (primary N) is 1. The van der Waals surface area contributed by atoms with E-state index < -0.39 is 0 Å². The van der Waals surface area contributed by atoms with Crippen molar-refractivity contribution in [3.63, 3.8) is 0 Å². The fraction of sp³-hybridized carbons (Fsp3) is 0.571. The van der Waals surface area contributed by atoms with Gasteiger partial charge >= 0.3 is 0 Å². The van der Waals surface area contributed by atoms with Crippen molar-refractivity contribution >= 4 is 15.9 Å². The molecule has 0 amide bonds. The molecule has 0 fully saturated rings. The zero-order valence-corrected chi connectivity index (χ0v) is 13.6. The summed E-state index contributed by atoms with van der Waals surface area (Å²) in [6.45, 7) is 4.14. The summed E-state index contributed by atoms with van der Waals surface area (Å²) in [5.41, 5.74) is 3.76. The molecule has 0 aliphatic carbocycles. The molecular weight excluding hydrogens is 308 g/mol. The number of hydrogen-bond donors (Lipinski definition) is 2. The van der Waals surface area contributed by atoms with E-state index in [4.69, 9.17) is 15.3 Å². The average molecular weight is 331 g/mol. The van der Waals surface area contributed by atoms with E-state index in [0.29, 0.717) is 0 Å². The molecule has 1 rings (SSSR count). The van der Waals surface area contributed by atoms with Crippen molar-refractivity contribution in [3.05, 3.63) is 28.2 Å². The number of ether oxygens (including phenoxy) is 2. The fourth-order valence-electron chi connectivity index (χ4n) is 1.90. The highest BCUT2D eigenvalue weighted by Gasteiger charge is 2.21. The Labute approximate surface area is 123 Å². The monoisotopic (exact) mass is 330 g/mol. The van der Waals surface area contributed by atoms with Crippen LogP contribution in [-0.4, -0.2) is 19.8 Å². The molecule has 0 radical (unpaired) electrons. The molecule has 108 valence electrons. The highest BCUT2D eigenvalue weighted by atomic mass is 79.9. The van der Waals surface area contributed by atoms with E-state index in [-0.39, 0.29) is 11.6 Å². The van der Waals surface area contributed by atoms with E-state index >= 15 is 0 Å². The molecule has 19 heavy (non-hydrogen) atoms. The first-order valence-corrected chi connectivity index (χ1v) is 7.07. The van der Waals surface area contributed by atoms with Crippen LogP contribution >= 0.6 is 15.9 Å². The van der Waals surface area contributed by atoms with Gasteiger partial charge < -0.3 is 9.47 Å². The average Bonchev–Trinajstić information content (AvgIpc) is 2.40. The summed E-state index contributed by atoms with van der Waals surface area (Å²) in [6, 6.07) is 6.00. The van der Waals surface area contributed by atoms with Gasteiger partial charge in [-0.1, -0.05) is 22.0 Å². The molecule has 1 aromatic rings. The normalized spacial score (nSPS) is 13.4. The van der Waals surface area contributed by atoms with Crippen molar-refractivity contribution in [1.29, 1.82) is 0 Å². The number of halogens is 1. The zero-order chi connectivity index (χ0) is 14.5. The highest BCUT2D eigenvalue weighted by Crippen LogP contribution is 2.32. The van der Waals surface area contributed by atoms with E-state index in [1.165, 1.54) is 0 Å². The van der Waals surface area contributed by atoms with Crippen LogP contribution in [0.4, 0.5) is 0 Å². The second-order valence-corrected chi connectivity index (χ2v) is 6.02. The minimum absolute atomic E-state index is 0.0393. The largest absolute Gasteiger partial charge is 0.496 e. The topological polar surface area (TPSA) is 56.5 Å². The highest BCUT2D eigenvalue weighted by molar-refractivity contribution is 9.10. The number of methoxy groups -OCH3 is 2. The molecule has 0 aliphatic heterocycles. The molecule has 0 heterocycles. The molecule has 0 aliphatic rings. The number of nitrogens with one attached hydrogen (secondary N) is 1. The number of benzene rings is 1. The third-order valence-corrected chi connectivity index (χ3v) is 3.85. The first kappa shape index (κ1) is 16.4. The van der Waals surface area contributed by atoms with Crippen LogP contribution in [0, 0.1) is 0 Å². The van der Waals surface area contributed by atoms with Gasteiger partial charge in [0.2, 0.25) is 0 Å². The lowest BCUT2D eigenvalue weighted by molar-refractivity contribution is 0.0116. The molecule has 0 saturated carbocycles. The molecule has 5 heteroatoms. The van der Waals surface area contributed by atoms with E-state index in [1.54, 1.807) is 14.2 Å². The van der Waals surface area contributed by atoms with Crippen molar-refractivity contribution in [2.45, 2.75) is 38.3 Å². The van der Waals surface area contributed by atoms with Crippen LogP contribution in [0.2, 0.25) is 0 Å². The van der Waals surface area contributed by atoms with Gasteiger partial charge in [-0.25, -0.2) is 0 Å². The molecule has 0 saturated heterocycles. The van der Waals surface area contributed by atoms with E-state index in [1.807, 2.05) is 18.2 Å². The number of hydrazine groups is 1. The number of rotatable bonds is 7. The number of hydrogen-bond acceptors (Lipinski definition) is 4. The van der Waals surface area contributed by atoms with E-state index in [0.717, 1.165) is 28.6 Å². The van der Waals surface area contributed by atoms with Crippen molar-refractivity contribution in [1.82, 2.24) is 5.43 Å². The summed E-state index contributed by atoms with van der Waals surface area (Å²) >= 11 is 3.44. The quantitative estimate of drug-likeness (QED) is 0.595. The molecule has 0 spiro atoms. The Balaban J connectivity index is 2.85. The minimum atomic E-state index is -0.155. The zero-order valence-electron chi connectivity index (χ0n) is 12.0. The van der Waals surface area contributed by atoms with Gasteiger partial charge in [0.25, 0.3) is 0 Å². The maximum Gasteiger partial charge on any atom is 0.124 e. The fourth-order valence-corrected chi connectivity index (χ4v) is 2.24. The Morgan fingerprint density at radius 3 is 2.58 bits per heavy atom. The Morgan fingerprint density at radius 2 is 2.05 bits per heavy atom. The van der Waals surface area contributed by atoms with Gasteiger partial charge in [0, 0.05) is 23.2 Å². The summed E-state index contributed by atoms with van der Waals surface area (Å²) in [5.74, 6) is 6.51. The van der Waals surface area contributed by atoms with Gasteiger partial charge in [0.05, 0.1) is 12.7 Å². The molecule has 1 unspecified atom stereocenters. The van der Waals surface area contributed by atoms with Gasteiger partial charge in [0.15, 0.2) is 0 Å². The van der Waals surface area contributed by atoms with Crippen molar-refractivity contribution in [2.24, 2.45) is 5.84 Å². The third kappa shape index (κ3) is 4.76. The standard InChI is InChI=1S/C14H23BrN2O2/c1-14(2,19-4)8-7-12(17-16)11-6-5-10(15)9-13(11)18-3/h5-6,9,12,17H,7-8,16H2,1-4H3.